The van der Waals surface area contributed by atoms with Gasteiger partial charge in [-0.15, -0.1) is 0 Å². The molecule has 0 radical (unpaired) electrons. The van der Waals surface area contributed by atoms with Gasteiger partial charge < -0.3 is 5.32 Å². The molecule has 0 bridgehead atoms. The van der Waals surface area contributed by atoms with Gasteiger partial charge in [0.2, 0.25) is 0 Å². The molecule has 10 heteroatoms. The number of nitrogens with zero attached hydrogens (tertiary/aromatic N) is 4. The zero-order valence-electron chi connectivity index (χ0n) is 15.3. The fraction of sp³-hybridized carbons (Fsp3) is 0.211. The third-order valence-electron chi connectivity index (χ3n) is 4.18. The first-order valence-electron chi connectivity index (χ1n) is 8.55. The molecule has 3 rings (SSSR count). The highest BCUT2D eigenvalue weighted by atomic mass is 19.4. The van der Waals surface area contributed by atoms with E-state index in [9.17, 15) is 22.8 Å². The Morgan fingerprint density at radius 2 is 1.93 bits per heavy atom. The van der Waals surface area contributed by atoms with Gasteiger partial charge in [0.05, 0.1) is 22.5 Å². The van der Waals surface area contributed by atoms with Crippen molar-refractivity contribution in [1.29, 1.82) is 0 Å². The second-order valence-electron chi connectivity index (χ2n) is 6.10. The topological polar surface area (TPSA) is 89.8 Å². The van der Waals surface area contributed by atoms with Gasteiger partial charge in [-0.05, 0) is 18.2 Å². The molecule has 0 saturated carbocycles. The van der Waals surface area contributed by atoms with Crippen LogP contribution in [0, 0.1) is 0 Å². The summed E-state index contributed by atoms with van der Waals surface area (Å²) in [5.41, 5.74) is -0.982. The van der Waals surface area contributed by atoms with Crippen LogP contribution < -0.4 is 10.9 Å². The maximum Gasteiger partial charge on any atom is 0.417 e. The van der Waals surface area contributed by atoms with Gasteiger partial charge in [-0.25, -0.2) is 15.0 Å². The van der Waals surface area contributed by atoms with Gasteiger partial charge in [-0.2, -0.15) is 13.2 Å². The molecule has 0 atom stereocenters. The average Bonchev–Trinajstić information content (AvgIpc) is 2.71. The normalized spacial score (nSPS) is 11.3. The summed E-state index contributed by atoms with van der Waals surface area (Å²) in [6.07, 6.45) is -1.65. The lowest BCUT2D eigenvalue weighted by Crippen LogP contribution is -2.30. The predicted octanol–water partition coefficient (Wildman–Crippen LogP) is 2.23. The van der Waals surface area contributed by atoms with Crippen LogP contribution in [0.25, 0.3) is 11.4 Å². The maximum absolute atomic E-state index is 13.1. The molecule has 1 aromatic carbocycles. The lowest BCUT2D eigenvalue weighted by molar-refractivity contribution is -0.137. The van der Waals surface area contributed by atoms with E-state index in [1.54, 1.807) is 6.07 Å². The molecule has 2 aromatic heterocycles. The smallest absolute Gasteiger partial charge is 0.352 e. The molecule has 0 aliphatic heterocycles. The molecule has 7 nitrogen and oxygen atoms in total. The van der Waals surface area contributed by atoms with Crippen molar-refractivity contribution >= 4 is 5.91 Å². The van der Waals surface area contributed by atoms with Crippen LogP contribution in [0.2, 0.25) is 0 Å². The van der Waals surface area contributed by atoms with Crippen LogP contribution >= 0.6 is 0 Å². The molecule has 2 heterocycles. The molecular formula is C19H16F3N5O2. The summed E-state index contributed by atoms with van der Waals surface area (Å²) in [5, 5.41) is 2.45. The van der Waals surface area contributed by atoms with Crippen molar-refractivity contribution in [3.8, 4) is 11.4 Å². The highest BCUT2D eigenvalue weighted by Crippen LogP contribution is 2.31. The first kappa shape index (κ1) is 20.2. The quantitative estimate of drug-likeness (QED) is 0.706. The number of hydrogen-bond acceptors (Lipinski definition) is 5. The monoisotopic (exact) mass is 403 g/mol. The Balaban J connectivity index is 1.75. The third kappa shape index (κ3) is 4.65. The summed E-state index contributed by atoms with van der Waals surface area (Å²) < 4.78 is 40.5. The van der Waals surface area contributed by atoms with Gasteiger partial charge in [0.25, 0.3) is 11.5 Å². The molecule has 1 amide bonds. The van der Waals surface area contributed by atoms with Crippen molar-refractivity contribution in [3.05, 3.63) is 76.2 Å². The zero-order chi connectivity index (χ0) is 21.0. The molecule has 3 aromatic rings. The second-order valence-corrected chi connectivity index (χ2v) is 6.10. The van der Waals surface area contributed by atoms with Crippen LogP contribution in [-0.2, 0) is 19.6 Å². The fourth-order valence-electron chi connectivity index (χ4n) is 2.70. The van der Waals surface area contributed by atoms with E-state index in [2.05, 4.69) is 20.3 Å². The summed E-state index contributed by atoms with van der Waals surface area (Å²) in [6.45, 7) is -0.00146. The summed E-state index contributed by atoms with van der Waals surface area (Å²) in [7, 11) is 1.52. The standard InChI is InChI=1S/C19H16F3N5O2/c1-27-16(26-15(10-17(27)28)14-6-8-23-11-25-14)7-9-24-18(29)12-4-2-3-5-13(12)19(20,21)22/h2-6,8,10-11H,7,9H2,1H3,(H,24,29). The highest BCUT2D eigenvalue weighted by Gasteiger charge is 2.34. The SMILES string of the molecule is Cn1c(CCNC(=O)c2ccccc2C(F)(F)F)nc(-c2ccncn2)cc1=O. The van der Waals surface area contributed by atoms with Gasteiger partial charge in [0, 0.05) is 32.3 Å². The molecule has 1 N–H and O–H groups in total. The Hall–Kier alpha value is -3.56. The summed E-state index contributed by atoms with van der Waals surface area (Å²) in [4.78, 5) is 36.6. The van der Waals surface area contributed by atoms with Crippen LogP contribution in [0.15, 0.2) is 53.7 Å². The minimum absolute atomic E-state index is 0.00146. The van der Waals surface area contributed by atoms with E-state index >= 15 is 0 Å². The van der Waals surface area contributed by atoms with Crippen molar-refractivity contribution in [3.63, 3.8) is 0 Å². The van der Waals surface area contributed by atoms with Crippen molar-refractivity contribution in [2.75, 3.05) is 6.54 Å². The first-order valence-corrected chi connectivity index (χ1v) is 8.55. The summed E-state index contributed by atoms with van der Waals surface area (Å²) in [6, 6.07) is 7.47. The highest BCUT2D eigenvalue weighted by molar-refractivity contribution is 5.95. The van der Waals surface area contributed by atoms with Crippen LogP contribution in [-0.4, -0.2) is 32.0 Å². The number of alkyl halides is 3. The van der Waals surface area contributed by atoms with Gasteiger partial charge in [-0.1, -0.05) is 12.1 Å². The molecule has 0 unspecified atom stereocenters. The zero-order valence-corrected chi connectivity index (χ0v) is 15.3. The summed E-state index contributed by atoms with van der Waals surface area (Å²) in [5.74, 6) is -0.495. The lowest BCUT2D eigenvalue weighted by Gasteiger charge is -2.13. The maximum atomic E-state index is 13.1. The Morgan fingerprint density at radius 3 is 2.62 bits per heavy atom. The molecular weight excluding hydrogens is 387 g/mol. The van der Waals surface area contributed by atoms with E-state index < -0.39 is 23.2 Å². The number of carbonyl (C=O) groups excluding carboxylic acids is 1. The van der Waals surface area contributed by atoms with Gasteiger partial charge in [0.15, 0.2) is 0 Å². The van der Waals surface area contributed by atoms with E-state index in [1.165, 1.54) is 42.3 Å². The van der Waals surface area contributed by atoms with Crippen molar-refractivity contribution < 1.29 is 18.0 Å². The van der Waals surface area contributed by atoms with Gasteiger partial charge >= 0.3 is 6.18 Å². The number of halogens is 3. The van der Waals surface area contributed by atoms with Crippen LogP contribution in [0.4, 0.5) is 13.2 Å². The minimum atomic E-state index is -4.63. The molecule has 0 aliphatic rings. The Morgan fingerprint density at radius 1 is 1.17 bits per heavy atom. The number of rotatable bonds is 5. The Labute approximate surface area is 163 Å². The Kier molecular flexibility index (Phi) is 5.71. The minimum Gasteiger partial charge on any atom is -0.352 e. The van der Waals surface area contributed by atoms with Crippen molar-refractivity contribution in [1.82, 2.24) is 24.8 Å². The molecule has 0 aliphatic carbocycles. The molecule has 29 heavy (non-hydrogen) atoms. The van der Waals surface area contributed by atoms with Crippen LogP contribution in [0.5, 0.6) is 0 Å². The van der Waals surface area contributed by atoms with E-state index in [0.717, 1.165) is 12.1 Å². The van der Waals surface area contributed by atoms with Crippen molar-refractivity contribution in [2.45, 2.75) is 12.6 Å². The van der Waals surface area contributed by atoms with Crippen LogP contribution in [0.1, 0.15) is 21.7 Å². The molecule has 0 saturated heterocycles. The molecule has 0 fully saturated rings. The van der Waals surface area contributed by atoms with E-state index in [4.69, 9.17) is 0 Å². The number of aromatic nitrogens is 4. The lowest BCUT2D eigenvalue weighted by atomic mass is 10.1. The van der Waals surface area contributed by atoms with Crippen molar-refractivity contribution in [2.24, 2.45) is 7.05 Å². The summed E-state index contributed by atoms with van der Waals surface area (Å²) >= 11 is 0. The largest absolute Gasteiger partial charge is 0.417 e. The number of hydrogen-bond donors (Lipinski definition) is 1. The van der Waals surface area contributed by atoms with Gasteiger partial charge in [-0.3, -0.25) is 14.2 Å². The van der Waals surface area contributed by atoms with Crippen LogP contribution in [0.3, 0.4) is 0 Å². The molecule has 0 spiro atoms. The average molecular weight is 403 g/mol. The fourth-order valence-corrected chi connectivity index (χ4v) is 2.70. The number of nitrogens with one attached hydrogen (secondary N) is 1. The van der Waals surface area contributed by atoms with Gasteiger partial charge in [0.1, 0.15) is 12.2 Å². The van der Waals surface area contributed by atoms with E-state index in [0.29, 0.717) is 17.2 Å². The molecule has 150 valence electrons. The number of amides is 1. The predicted molar refractivity (Wildman–Crippen MR) is 98.0 cm³/mol. The number of benzene rings is 1. The van der Waals surface area contributed by atoms with E-state index in [-0.39, 0.29) is 18.5 Å². The number of carbonyl (C=O) groups is 1. The Bertz CT molecular complexity index is 1080. The third-order valence-corrected chi connectivity index (χ3v) is 4.18. The first-order chi connectivity index (χ1) is 13.8. The second kappa shape index (κ2) is 8.21. The van der Waals surface area contributed by atoms with E-state index in [1.807, 2.05) is 0 Å².